The number of hydrogen-bond acceptors (Lipinski definition) is 7. The minimum Gasteiger partial charge on any atom is -0.349 e. The van der Waals surface area contributed by atoms with Gasteiger partial charge in [0.15, 0.2) is 11.6 Å². The molecule has 120 valence electrons. The van der Waals surface area contributed by atoms with Crippen LogP contribution < -0.4 is 10.6 Å². The zero-order valence-electron chi connectivity index (χ0n) is 13.1. The number of rotatable bonds is 6. The first-order valence-corrected chi connectivity index (χ1v) is 7.41. The average molecular weight is 320 g/mol. The minimum atomic E-state index is 0.0131. The molecule has 0 saturated carbocycles. The van der Waals surface area contributed by atoms with Crippen molar-refractivity contribution in [1.82, 2.24) is 20.2 Å². The molecule has 3 aromatic rings. The molecule has 0 aliphatic carbocycles. The smallest absolute Gasteiger partial charge is 0.244 e. The van der Waals surface area contributed by atoms with Gasteiger partial charge < -0.3 is 10.6 Å². The molecule has 0 atom stereocenters. The summed E-state index contributed by atoms with van der Waals surface area (Å²) >= 11 is 0. The molecular formula is C17H16N6O. The van der Waals surface area contributed by atoms with Crippen molar-refractivity contribution in [3.63, 3.8) is 0 Å². The normalized spacial score (nSPS) is 10.2. The van der Waals surface area contributed by atoms with Crippen molar-refractivity contribution < 1.29 is 4.79 Å². The van der Waals surface area contributed by atoms with Gasteiger partial charge in [0.25, 0.3) is 0 Å². The van der Waals surface area contributed by atoms with Crippen LogP contribution in [0.1, 0.15) is 22.8 Å². The van der Waals surface area contributed by atoms with E-state index < -0.39 is 0 Å². The van der Waals surface area contributed by atoms with E-state index in [4.69, 9.17) is 0 Å². The number of hydrogen-bond donors (Lipinski definition) is 2. The lowest BCUT2D eigenvalue weighted by Crippen LogP contribution is -2.06. The lowest BCUT2D eigenvalue weighted by Gasteiger charge is -2.08. The summed E-state index contributed by atoms with van der Waals surface area (Å²) in [7, 11) is 0. The van der Waals surface area contributed by atoms with Crippen molar-refractivity contribution in [3.8, 4) is 0 Å². The maximum absolute atomic E-state index is 11.4. The number of nitrogens with zero attached hydrogens (tertiary/aromatic N) is 4. The number of pyridine rings is 1. The molecule has 3 rings (SSSR count). The topological polar surface area (TPSA) is 92.7 Å². The van der Waals surface area contributed by atoms with E-state index in [9.17, 15) is 4.79 Å². The van der Waals surface area contributed by atoms with Crippen molar-refractivity contribution in [1.29, 1.82) is 0 Å². The Balaban J connectivity index is 1.69. The molecule has 0 saturated heterocycles. The number of aromatic nitrogens is 4. The Kier molecular flexibility index (Phi) is 4.71. The first kappa shape index (κ1) is 15.5. The van der Waals surface area contributed by atoms with Gasteiger partial charge in [0.1, 0.15) is 0 Å². The van der Waals surface area contributed by atoms with Crippen molar-refractivity contribution in [3.05, 3.63) is 66.1 Å². The van der Waals surface area contributed by atoms with Gasteiger partial charge in [-0.05, 0) is 36.8 Å². The SMILES string of the molecule is CC(=O)c1cccc(Nc2cnnc(NCc3ccncc3)n2)c1. The van der Waals surface area contributed by atoms with Crippen molar-refractivity contribution in [2.45, 2.75) is 13.5 Å². The molecule has 0 aliphatic rings. The molecule has 0 amide bonds. The van der Waals surface area contributed by atoms with Crippen LogP contribution in [0.5, 0.6) is 0 Å². The Hall–Kier alpha value is -3.35. The fourth-order valence-electron chi connectivity index (χ4n) is 2.08. The highest BCUT2D eigenvalue weighted by atomic mass is 16.1. The maximum Gasteiger partial charge on any atom is 0.244 e. The van der Waals surface area contributed by atoms with Crippen LogP contribution in [0, 0.1) is 0 Å². The molecule has 1 aromatic carbocycles. The van der Waals surface area contributed by atoms with E-state index in [0.717, 1.165) is 11.3 Å². The first-order chi connectivity index (χ1) is 11.7. The van der Waals surface area contributed by atoms with Crippen LogP contribution >= 0.6 is 0 Å². The van der Waals surface area contributed by atoms with Crippen molar-refractivity contribution in [2.24, 2.45) is 0 Å². The molecule has 0 radical (unpaired) electrons. The second-order valence-electron chi connectivity index (χ2n) is 5.14. The number of Topliss-reactive ketones (excluding diaryl/α,β-unsaturated/α-hetero) is 1. The maximum atomic E-state index is 11.4. The van der Waals surface area contributed by atoms with Crippen LogP contribution in [-0.4, -0.2) is 25.9 Å². The van der Waals surface area contributed by atoms with Gasteiger partial charge in [-0.25, -0.2) is 0 Å². The summed E-state index contributed by atoms with van der Waals surface area (Å²) in [6.07, 6.45) is 4.99. The zero-order valence-corrected chi connectivity index (χ0v) is 13.1. The van der Waals surface area contributed by atoms with E-state index in [0.29, 0.717) is 23.9 Å². The molecule has 0 bridgehead atoms. The standard InChI is InChI=1S/C17H16N6O/c1-12(24)14-3-2-4-15(9-14)21-16-11-20-23-17(22-16)19-10-13-5-7-18-8-6-13/h2-9,11H,10H2,1H3,(H2,19,21,22,23). The molecule has 7 nitrogen and oxygen atoms in total. The fraction of sp³-hybridized carbons (Fsp3) is 0.118. The number of benzene rings is 1. The molecule has 0 fully saturated rings. The zero-order chi connectivity index (χ0) is 16.8. The molecule has 2 heterocycles. The summed E-state index contributed by atoms with van der Waals surface area (Å²) < 4.78 is 0. The number of ketones is 1. The van der Waals surface area contributed by atoms with Gasteiger partial charge in [-0.15, -0.1) is 5.10 Å². The summed E-state index contributed by atoms with van der Waals surface area (Å²) in [4.78, 5) is 19.8. The van der Waals surface area contributed by atoms with E-state index in [-0.39, 0.29) is 5.78 Å². The summed E-state index contributed by atoms with van der Waals surface area (Å²) in [5, 5.41) is 14.1. The Morgan fingerprint density at radius 1 is 1.17 bits per heavy atom. The van der Waals surface area contributed by atoms with Crippen LogP contribution in [0.4, 0.5) is 17.5 Å². The highest BCUT2D eigenvalue weighted by Crippen LogP contribution is 2.16. The highest BCUT2D eigenvalue weighted by molar-refractivity contribution is 5.95. The lowest BCUT2D eigenvalue weighted by molar-refractivity contribution is 0.101. The molecule has 24 heavy (non-hydrogen) atoms. The molecule has 0 spiro atoms. The predicted octanol–water partition coefficient (Wildman–Crippen LogP) is 2.82. The van der Waals surface area contributed by atoms with Gasteiger partial charge in [-0.2, -0.15) is 10.1 Å². The quantitative estimate of drug-likeness (QED) is 0.675. The molecule has 0 aliphatic heterocycles. The lowest BCUT2D eigenvalue weighted by atomic mass is 10.1. The van der Waals surface area contributed by atoms with E-state index >= 15 is 0 Å². The molecular weight excluding hydrogens is 304 g/mol. The van der Waals surface area contributed by atoms with Gasteiger partial charge in [-0.3, -0.25) is 9.78 Å². The third kappa shape index (κ3) is 4.10. The van der Waals surface area contributed by atoms with Gasteiger partial charge >= 0.3 is 0 Å². The second kappa shape index (κ2) is 7.28. The Labute approximate surface area is 139 Å². The van der Waals surface area contributed by atoms with E-state index in [1.54, 1.807) is 24.5 Å². The van der Waals surface area contributed by atoms with Crippen molar-refractivity contribution >= 4 is 23.2 Å². The average Bonchev–Trinajstić information content (AvgIpc) is 2.61. The Morgan fingerprint density at radius 2 is 2.00 bits per heavy atom. The first-order valence-electron chi connectivity index (χ1n) is 7.41. The largest absolute Gasteiger partial charge is 0.349 e. The van der Waals surface area contributed by atoms with Crippen LogP contribution in [0.25, 0.3) is 0 Å². The molecule has 0 unspecified atom stereocenters. The van der Waals surface area contributed by atoms with Gasteiger partial charge in [0.05, 0.1) is 6.20 Å². The van der Waals surface area contributed by atoms with Crippen LogP contribution in [0.2, 0.25) is 0 Å². The minimum absolute atomic E-state index is 0.0131. The number of nitrogens with one attached hydrogen (secondary N) is 2. The molecule has 2 N–H and O–H groups in total. The van der Waals surface area contributed by atoms with Crippen LogP contribution in [0.15, 0.2) is 55.0 Å². The second-order valence-corrected chi connectivity index (χ2v) is 5.14. The van der Waals surface area contributed by atoms with E-state index in [1.165, 1.54) is 13.1 Å². The van der Waals surface area contributed by atoms with Crippen molar-refractivity contribution in [2.75, 3.05) is 10.6 Å². The van der Waals surface area contributed by atoms with E-state index in [2.05, 4.69) is 30.8 Å². The number of carbonyl (C=O) groups excluding carboxylic acids is 1. The highest BCUT2D eigenvalue weighted by Gasteiger charge is 2.04. The summed E-state index contributed by atoms with van der Waals surface area (Å²) in [6, 6.07) is 11.0. The molecule has 2 aromatic heterocycles. The van der Waals surface area contributed by atoms with Gasteiger partial charge in [0, 0.05) is 30.2 Å². The Morgan fingerprint density at radius 3 is 2.79 bits per heavy atom. The number of carbonyl (C=O) groups is 1. The van der Waals surface area contributed by atoms with Crippen LogP contribution in [0.3, 0.4) is 0 Å². The van der Waals surface area contributed by atoms with Gasteiger partial charge in [0.2, 0.25) is 5.95 Å². The predicted molar refractivity (Wildman–Crippen MR) is 91.1 cm³/mol. The van der Waals surface area contributed by atoms with Crippen LogP contribution in [-0.2, 0) is 6.54 Å². The van der Waals surface area contributed by atoms with E-state index in [1.807, 2.05) is 24.3 Å². The fourth-order valence-corrected chi connectivity index (χ4v) is 2.08. The monoisotopic (exact) mass is 320 g/mol. The van der Waals surface area contributed by atoms with Gasteiger partial charge in [-0.1, -0.05) is 12.1 Å². The summed E-state index contributed by atoms with van der Waals surface area (Å²) in [5.41, 5.74) is 2.47. The third-order valence-electron chi connectivity index (χ3n) is 3.30. The summed E-state index contributed by atoms with van der Waals surface area (Å²) in [6.45, 7) is 2.11. The number of anilines is 3. The third-order valence-corrected chi connectivity index (χ3v) is 3.30. The summed E-state index contributed by atoms with van der Waals surface area (Å²) in [5.74, 6) is 0.974. The molecule has 7 heteroatoms. The Bertz CT molecular complexity index is 837.